The fourth-order valence-corrected chi connectivity index (χ4v) is 3.36. The zero-order chi connectivity index (χ0) is 17.5. The molecule has 0 aliphatic carbocycles. The molecule has 1 aromatic heterocycles. The lowest BCUT2D eigenvalue weighted by atomic mass is 10.1. The highest BCUT2D eigenvalue weighted by atomic mass is 32.2. The summed E-state index contributed by atoms with van der Waals surface area (Å²) >= 11 is 0. The second-order valence-corrected chi connectivity index (χ2v) is 7.23. The molecule has 130 valence electrons. The second-order valence-electron chi connectivity index (χ2n) is 5.77. The minimum atomic E-state index is -1.30. The SMILES string of the molecule is CCCCNC(=O)CS(=O)Cc1nc(-c2ccccc2C)oc1C. The van der Waals surface area contributed by atoms with E-state index in [2.05, 4.69) is 17.2 Å². The Kier molecular flexibility index (Phi) is 6.73. The van der Waals surface area contributed by atoms with Gasteiger partial charge < -0.3 is 9.73 Å². The first-order chi connectivity index (χ1) is 11.5. The summed E-state index contributed by atoms with van der Waals surface area (Å²) in [5, 5.41) is 2.78. The van der Waals surface area contributed by atoms with Gasteiger partial charge in [-0.1, -0.05) is 31.5 Å². The molecule has 0 aliphatic rings. The van der Waals surface area contributed by atoms with Crippen LogP contribution in [0.4, 0.5) is 0 Å². The molecule has 0 aliphatic heterocycles. The first kappa shape index (κ1) is 18.4. The number of nitrogens with one attached hydrogen (secondary N) is 1. The van der Waals surface area contributed by atoms with E-state index in [0.29, 0.717) is 23.9 Å². The largest absolute Gasteiger partial charge is 0.441 e. The number of aryl methyl sites for hydroxylation is 2. The third kappa shape index (κ3) is 5.03. The molecule has 0 radical (unpaired) electrons. The molecule has 1 amide bonds. The van der Waals surface area contributed by atoms with Gasteiger partial charge in [0.2, 0.25) is 11.8 Å². The highest BCUT2D eigenvalue weighted by Crippen LogP contribution is 2.25. The van der Waals surface area contributed by atoms with Crippen LogP contribution in [0.25, 0.3) is 11.5 Å². The summed E-state index contributed by atoms with van der Waals surface area (Å²) in [6, 6.07) is 7.83. The molecule has 0 bridgehead atoms. The second kappa shape index (κ2) is 8.78. The molecule has 5 nitrogen and oxygen atoms in total. The van der Waals surface area contributed by atoms with Crippen LogP contribution in [0.5, 0.6) is 0 Å². The summed E-state index contributed by atoms with van der Waals surface area (Å²) in [6.45, 7) is 6.49. The van der Waals surface area contributed by atoms with E-state index in [9.17, 15) is 9.00 Å². The molecule has 24 heavy (non-hydrogen) atoms. The third-order valence-corrected chi connectivity index (χ3v) is 4.89. The number of unbranched alkanes of at least 4 members (excludes halogenated alkanes) is 1. The fourth-order valence-electron chi connectivity index (χ4n) is 2.30. The minimum absolute atomic E-state index is 0.00425. The van der Waals surface area contributed by atoms with Gasteiger partial charge in [0.05, 0.1) is 11.4 Å². The number of oxazole rings is 1. The summed E-state index contributed by atoms with van der Waals surface area (Å²) in [6.07, 6.45) is 1.95. The van der Waals surface area contributed by atoms with Crippen LogP contribution < -0.4 is 5.32 Å². The van der Waals surface area contributed by atoms with Gasteiger partial charge in [0, 0.05) is 22.9 Å². The highest BCUT2D eigenvalue weighted by Gasteiger charge is 2.16. The van der Waals surface area contributed by atoms with Crippen molar-refractivity contribution in [1.82, 2.24) is 10.3 Å². The van der Waals surface area contributed by atoms with Gasteiger partial charge in [-0.25, -0.2) is 4.98 Å². The molecular formula is C18H24N2O3S. The topological polar surface area (TPSA) is 72.2 Å². The maximum Gasteiger partial charge on any atom is 0.232 e. The van der Waals surface area contributed by atoms with E-state index in [0.717, 1.165) is 24.0 Å². The average Bonchev–Trinajstić information content (AvgIpc) is 2.88. The van der Waals surface area contributed by atoms with Crippen LogP contribution in [0.3, 0.4) is 0 Å². The number of hydrogen-bond acceptors (Lipinski definition) is 4. The number of benzene rings is 1. The summed E-state index contributed by atoms with van der Waals surface area (Å²) in [5.41, 5.74) is 2.64. The molecule has 0 saturated heterocycles. The first-order valence-corrected chi connectivity index (χ1v) is 9.64. The van der Waals surface area contributed by atoms with Crippen molar-refractivity contribution in [2.45, 2.75) is 39.4 Å². The molecule has 0 spiro atoms. The summed E-state index contributed by atoms with van der Waals surface area (Å²) in [4.78, 5) is 16.2. The lowest BCUT2D eigenvalue weighted by Gasteiger charge is -2.03. The molecule has 1 atom stereocenters. The van der Waals surface area contributed by atoms with Gasteiger partial charge in [-0.3, -0.25) is 9.00 Å². The maximum absolute atomic E-state index is 12.2. The van der Waals surface area contributed by atoms with Gasteiger partial charge >= 0.3 is 0 Å². The normalized spacial score (nSPS) is 12.1. The Morgan fingerprint density at radius 3 is 2.75 bits per heavy atom. The van der Waals surface area contributed by atoms with Gasteiger partial charge in [-0.05, 0) is 31.9 Å². The number of carbonyl (C=O) groups is 1. The lowest BCUT2D eigenvalue weighted by molar-refractivity contribution is -0.118. The Morgan fingerprint density at radius 1 is 1.29 bits per heavy atom. The van der Waals surface area contributed by atoms with Crippen molar-refractivity contribution in [3.05, 3.63) is 41.3 Å². The Morgan fingerprint density at radius 2 is 2.04 bits per heavy atom. The van der Waals surface area contributed by atoms with Crippen LogP contribution in [0, 0.1) is 13.8 Å². The lowest BCUT2D eigenvalue weighted by Crippen LogP contribution is -2.29. The van der Waals surface area contributed by atoms with Crippen molar-refractivity contribution in [2.24, 2.45) is 0 Å². The fraction of sp³-hybridized carbons (Fsp3) is 0.444. The third-order valence-electron chi connectivity index (χ3n) is 3.71. The Hall–Kier alpha value is -1.95. The molecule has 2 rings (SSSR count). The predicted molar refractivity (Wildman–Crippen MR) is 96.0 cm³/mol. The van der Waals surface area contributed by atoms with Crippen molar-refractivity contribution in [2.75, 3.05) is 12.3 Å². The van der Waals surface area contributed by atoms with Crippen molar-refractivity contribution in [1.29, 1.82) is 0 Å². The number of amides is 1. The zero-order valence-corrected chi connectivity index (χ0v) is 15.2. The van der Waals surface area contributed by atoms with Crippen molar-refractivity contribution in [3.8, 4) is 11.5 Å². The number of rotatable bonds is 8. The quantitative estimate of drug-likeness (QED) is 0.744. The van der Waals surface area contributed by atoms with Gasteiger partial charge in [0.1, 0.15) is 11.5 Å². The Bertz CT molecular complexity index is 725. The van der Waals surface area contributed by atoms with Crippen LogP contribution in [0.1, 0.15) is 36.8 Å². The monoisotopic (exact) mass is 348 g/mol. The van der Waals surface area contributed by atoms with Crippen LogP contribution >= 0.6 is 0 Å². The minimum Gasteiger partial charge on any atom is -0.441 e. The van der Waals surface area contributed by atoms with Crippen LogP contribution in [0.15, 0.2) is 28.7 Å². The van der Waals surface area contributed by atoms with Crippen molar-refractivity contribution < 1.29 is 13.4 Å². The van der Waals surface area contributed by atoms with Gasteiger partial charge in [0.15, 0.2) is 0 Å². The van der Waals surface area contributed by atoms with Crippen LogP contribution in [-0.2, 0) is 21.3 Å². The van der Waals surface area contributed by atoms with E-state index in [1.165, 1.54) is 0 Å². The predicted octanol–water partition coefficient (Wildman–Crippen LogP) is 3.12. The van der Waals surface area contributed by atoms with E-state index in [4.69, 9.17) is 4.42 Å². The van der Waals surface area contributed by atoms with Gasteiger partial charge in [-0.2, -0.15) is 0 Å². The van der Waals surface area contributed by atoms with Gasteiger partial charge in [-0.15, -0.1) is 0 Å². The summed E-state index contributed by atoms with van der Waals surface area (Å²) < 4.78 is 17.9. The van der Waals surface area contributed by atoms with Crippen molar-refractivity contribution >= 4 is 16.7 Å². The van der Waals surface area contributed by atoms with Crippen LogP contribution in [-0.4, -0.2) is 27.4 Å². The molecule has 1 N–H and O–H groups in total. The molecule has 0 fully saturated rings. The summed E-state index contributed by atoms with van der Waals surface area (Å²) in [7, 11) is -1.30. The van der Waals surface area contributed by atoms with E-state index in [-0.39, 0.29) is 17.4 Å². The van der Waals surface area contributed by atoms with Crippen molar-refractivity contribution in [3.63, 3.8) is 0 Å². The molecule has 6 heteroatoms. The Labute approximate surface area is 145 Å². The zero-order valence-electron chi connectivity index (χ0n) is 14.4. The number of carbonyl (C=O) groups excluding carboxylic acids is 1. The van der Waals surface area contributed by atoms with Gasteiger partial charge in [0.25, 0.3) is 0 Å². The van der Waals surface area contributed by atoms with E-state index in [1.807, 2.05) is 38.1 Å². The van der Waals surface area contributed by atoms with E-state index < -0.39 is 10.8 Å². The molecule has 2 aromatic rings. The van der Waals surface area contributed by atoms with Crippen LogP contribution in [0.2, 0.25) is 0 Å². The Balaban J connectivity index is 1.99. The summed E-state index contributed by atoms with van der Waals surface area (Å²) in [5.74, 6) is 1.22. The molecular weight excluding hydrogens is 324 g/mol. The molecule has 1 unspecified atom stereocenters. The molecule has 1 heterocycles. The number of aromatic nitrogens is 1. The standard InChI is InChI=1S/C18H24N2O3S/c1-4-5-10-19-17(21)12-24(22)11-16-14(3)23-18(20-16)15-9-7-6-8-13(15)2/h6-9H,4-5,10-12H2,1-3H3,(H,19,21). The smallest absolute Gasteiger partial charge is 0.232 e. The molecule has 1 aromatic carbocycles. The highest BCUT2D eigenvalue weighted by molar-refractivity contribution is 7.84. The number of nitrogens with zero attached hydrogens (tertiary/aromatic N) is 1. The van der Waals surface area contributed by atoms with E-state index in [1.54, 1.807) is 0 Å². The molecule has 0 saturated carbocycles. The number of hydrogen-bond donors (Lipinski definition) is 1. The first-order valence-electron chi connectivity index (χ1n) is 8.15. The average molecular weight is 348 g/mol. The maximum atomic E-state index is 12.2. The van der Waals surface area contributed by atoms with E-state index >= 15 is 0 Å².